The molecule has 6 nitrogen and oxygen atoms in total. The van der Waals surface area contributed by atoms with Crippen LogP contribution in [-0.4, -0.2) is 16.0 Å². The van der Waals surface area contributed by atoms with Gasteiger partial charge in [0.05, 0.1) is 5.56 Å². The highest BCUT2D eigenvalue weighted by molar-refractivity contribution is 6.06. The van der Waals surface area contributed by atoms with Crippen molar-refractivity contribution in [1.82, 2.24) is 10.1 Å². The molecule has 128 valence electrons. The first-order valence-electron chi connectivity index (χ1n) is 7.92. The molecule has 0 aliphatic heterocycles. The molecule has 0 aliphatic rings. The van der Waals surface area contributed by atoms with Crippen molar-refractivity contribution in [1.29, 1.82) is 0 Å². The summed E-state index contributed by atoms with van der Waals surface area (Å²) in [6, 6.07) is 13.0. The minimum absolute atomic E-state index is 0.130. The Bertz CT molecular complexity index is 902. The summed E-state index contributed by atoms with van der Waals surface area (Å²) in [5.74, 6) is 1.14. The molecule has 2 aromatic carbocycles. The summed E-state index contributed by atoms with van der Waals surface area (Å²) in [7, 11) is 0. The zero-order valence-electron chi connectivity index (χ0n) is 14.4. The molecule has 1 N–H and O–H groups in total. The van der Waals surface area contributed by atoms with Crippen LogP contribution in [0.15, 0.2) is 47.0 Å². The molecule has 6 heteroatoms. The van der Waals surface area contributed by atoms with E-state index in [1.165, 1.54) is 0 Å². The van der Waals surface area contributed by atoms with E-state index in [4.69, 9.17) is 9.26 Å². The molecule has 0 spiro atoms. The van der Waals surface area contributed by atoms with Gasteiger partial charge < -0.3 is 14.6 Å². The van der Waals surface area contributed by atoms with Crippen LogP contribution < -0.4 is 10.1 Å². The molecule has 1 aromatic heterocycles. The minimum Gasteiger partial charge on any atom is -0.485 e. The van der Waals surface area contributed by atoms with Gasteiger partial charge in [-0.1, -0.05) is 29.4 Å². The van der Waals surface area contributed by atoms with Crippen molar-refractivity contribution in [2.24, 2.45) is 0 Å². The van der Waals surface area contributed by atoms with Gasteiger partial charge in [-0.25, -0.2) is 0 Å². The third kappa shape index (κ3) is 4.03. The molecule has 0 aliphatic carbocycles. The van der Waals surface area contributed by atoms with Crippen LogP contribution in [-0.2, 0) is 6.61 Å². The summed E-state index contributed by atoms with van der Waals surface area (Å²) < 4.78 is 10.6. The summed E-state index contributed by atoms with van der Waals surface area (Å²) in [5, 5.41) is 6.72. The average molecular weight is 337 g/mol. The van der Waals surface area contributed by atoms with E-state index in [0.29, 0.717) is 23.0 Å². The van der Waals surface area contributed by atoms with Gasteiger partial charge >= 0.3 is 0 Å². The molecule has 0 atom stereocenters. The summed E-state index contributed by atoms with van der Waals surface area (Å²) >= 11 is 0. The molecule has 0 unspecified atom stereocenters. The van der Waals surface area contributed by atoms with E-state index in [2.05, 4.69) is 15.5 Å². The molecule has 3 rings (SSSR count). The van der Waals surface area contributed by atoms with Gasteiger partial charge in [-0.3, -0.25) is 4.79 Å². The van der Waals surface area contributed by atoms with Crippen LogP contribution in [0.2, 0.25) is 0 Å². The Kier molecular flexibility index (Phi) is 4.79. The lowest BCUT2D eigenvalue weighted by molar-refractivity contribution is 0.102. The number of anilines is 1. The van der Waals surface area contributed by atoms with Crippen molar-refractivity contribution in [2.75, 3.05) is 5.32 Å². The number of aromatic nitrogens is 2. The van der Waals surface area contributed by atoms with Crippen molar-refractivity contribution in [3.63, 3.8) is 0 Å². The van der Waals surface area contributed by atoms with Gasteiger partial charge in [-0.05, 0) is 43.2 Å². The van der Waals surface area contributed by atoms with E-state index in [1.807, 2.05) is 38.1 Å². The Labute approximate surface area is 145 Å². The Morgan fingerprint density at radius 2 is 1.96 bits per heavy atom. The second kappa shape index (κ2) is 7.17. The maximum atomic E-state index is 12.7. The van der Waals surface area contributed by atoms with Crippen molar-refractivity contribution in [3.8, 4) is 5.75 Å². The SMILES string of the molecule is Cc1ccc(C)c(NC(=O)c2ccccc2OCc2noc(C)n2)c1. The van der Waals surface area contributed by atoms with E-state index in [-0.39, 0.29) is 12.5 Å². The first-order valence-corrected chi connectivity index (χ1v) is 7.92. The number of nitrogens with one attached hydrogen (secondary N) is 1. The highest BCUT2D eigenvalue weighted by Crippen LogP contribution is 2.22. The van der Waals surface area contributed by atoms with Crippen molar-refractivity contribution in [2.45, 2.75) is 27.4 Å². The smallest absolute Gasteiger partial charge is 0.259 e. The number of ether oxygens (including phenoxy) is 1. The van der Waals surface area contributed by atoms with Crippen LogP contribution in [0.3, 0.4) is 0 Å². The zero-order chi connectivity index (χ0) is 17.8. The van der Waals surface area contributed by atoms with Gasteiger partial charge in [0, 0.05) is 12.6 Å². The topological polar surface area (TPSA) is 77.2 Å². The molecule has 0 radical (unpaired) electrons. The number of nitrogens with zero attached hydrogens (tertiary/aromatic N) is 2. The predicted octanol–water partition coefficient (Wildman–Crippen LogP) is 3.83. The molecule has 0 saturated heterocycles. The van der Waals surface area contributed by atoms with Gasteiger partial charge in [-0.15, -0.1) is 0 Å². The third-order valence-electron chi connectivity index (χ3n) is 3.70. The lowest BCUT2D eigenvalue weighted by atomic mass is 10.1. The van der Waals surface area contributed by atoms with Gasteiger partial charge in [0.25, 0.3) is 5.91 Å². The zero-order valence-corrected chi connectivity index (χ0v) is 14.4. The molecular formula is C19H19N3O3. The number of hydrogen-bond donors (Lipinski definition) is 1. The number of benzene rings is 2. The first-order chi connectivity index (χ1) is 12.0. The van der Waals surface area contributed by atoms with Crippen molar-refractivity contribution >= 4 is 11.6 Å². The second-order valence-corrected chi connectivity index (χ2v) is 5.79. The van der Waals surface area contributed by atoms with E-state index in [1.54, 1.807) is 25.1 Å². The summed E-state index contributed by atoms with van der Waals surface area (Å²) in [5.41, 5.74) is 3.31. The van der Waals surface area contributed by atoms with Gasteiger partial charge in [0.2, 0.25) is 11.7 Å². The number of aryl methyl sites for hydroxylation is 3. The minimum atomic E-state index is -0.228. The lowest BCUT2D eigenvalue weighted by Gasteiger charge is -2.12. The molecule has 0 fully saturated rings. The van der Waals surface area contributed by atoms with Crippen molar-refractivity contribution < 1.29 is 14.1 Å². The Hall–Kier alpha value is -3.15. The largest absolute Gasteiger partial charge is 0.485 e. The molecule has 0 saturated carbocycles. The number of carbonyl (C=O) groups is 1. The van der Waals surface area contributed by atoms with Gasteiger partial charge in [0.15, 0.2) is 6.61 Å². The van der Waals surface area contributed by atoms with Crippen LogP contribution in [0.4, 0.5) is 5.69 Å². The summed E-state index contributed by atoms with van der Waals surface area (Å²) in [6.45, 7) is 5.78. The second-order valence-electron chi connectivity index (χ2n) is 5.79. The van der Waals surface area contributed by atoms with Crippen LogP contribution in [0.5, 0.6) is 5.75 Å². The fraction of sp³-hybridized carbons (Fsp3) is 0.211. The molecule has 1 heterocycles. The van der Waals surface area contributed by atoms with Gasteiger partial charge in [0.1, 0.15) is 5.75 Å². The van der Waals surface area contributed by atoms with Crippen LogP contribution in [0.1, 0.15) is 33.2 Å². The maximum Gasteiger partial charge on any atom is 0.259 e. The Morgan fingerprint density at radius 3 is 2.72 bits per heavy atom. The van der Waals surface area contributed by atoms with Crippen LogP contribution in [0, 0.1) is 20.8 Å². The maximum absolute atomic E-state index is 12.7. The molecular weight excluding hydrogens is 318 g/mol. The monoisotopic (exact) mass is 337 g/mol. The first kappa shape index (κ1) is 16.7. The Balaban J connectivity index is 1.77. The lowest BCUT2D eigenvalue weighted by Crippen LogP contribution is -2.14. The highest BCUT2D eigenvalue weighted by Gasteiger charge is 2.14. The normalized spacial score (nSPS) is 10.5. The summed E-state index contributed by atoms with van der Waals surface area (Å²) in [4.78, 5) is 16.8. The highest BCUT2D eigenvalue weighted by atomic mass is 16.5. The fourth-order valence-electron chi connectivity index (χ4n) is 2.38. The van der Waals surface area contributed by atoms with E-state index >= 15 is 0 Å². The fourth-order valence-corrected chi connectivity index (χ4v) is 2.38. The third-order valence-corrected chi connectivity index (χ3v) is 3.70. The number of para-hydroxylation sites is 1. The summed E-state index contributed by atoms with van der Waals surface area (Å²) in [6.07, 6.45) is 0. The van der Waals surface area contributed by atoms with E-state index < -0.39 is 0 Å². The van der Waals surface area contributed by atoms with Gasteiger partial charge in [-0.2, -0.15) is 4.98 Å². The molecule has 25 heavy (non-hydrogen) atoms. The number of rotatable bonds is 5. The molecule has 1 amide bonds. The van der Waals surface area contributed by atoms with Crippen LogP contribution >= 0.6 is 0 Å². The number of hydrogen-bond acceptors (Lipinski definition) is 5. The number of amides is 1. The quantitative estimate of drug-likeness (QED) is 0.766. The van der Waals surface area contributed by atoms with Crippen LogP contribution in [0.25, 0.3) is 0 Å². The number of carbonyl (C=O) groups excluding carboxylic acids is 1. The predicted molar refractivity (Wildman–Crippen MR) is 93.7 cm³/mol. The average Bonchev–Trinajstić information content (AvgIpc) is 3.02. The van der Waals surface area contributed by atoms with E-state index in [9.17, 15) is 4.79 Å². The van der Waals surface area contributed by atoms with E-state index in [0.717, 1.165) is 16.8 Å². The van der Waals surface area contributed by atoms with Crippen molar-refractivity contribution in [3.05, 3.63) is 70.9 Å². The molecule has 3 aromatic rings. The standard InChI is InChI=1S/C19H19N3O3/c1-12-8-9-13(2)16(10-12)21-19(23)15-6-4-5-7-17(15)24-11-18-20-14(3)25-22-18/h4-10H,11H2,1-3H3,(H,21,23). The molecule has 0 bridgehead atoms. The Morgan fingerprint density at radius 1 is 1.16 bits per heavy atom.